The van der Waals surface area contributed by atoms with Gasteiger partial charge >= 0.3 is 0 Å². The molecule has 0 saturated heterocycles. The SMILES string of the molecule is C[C@@H](Sc1ncnc2ccccc12)C(=O)Nc1sc2c(c1C#N)CCCCC2. The maximum atomic E-state index is 12.8. The first kappa shape index (κ1) is 18.9. The van der Waals surface area contributed by atoms with Gasteiger partial charge in [0.05, 0.1) is 16.3 Å². The Labute approximate surface area is 172 Å². The zero-order chi connectivity index (χ0) is 19.5. The highest BCUT2D eigenvalue weighted by atomic mass is 32.2. The third-order valence-electron chi connectivity index (χ3n) is 4.93. The van der Waals surface area contributed by atoms with E-state index in [0.29, 0.717) is 10.6 Å². The van der Waals surface area contributed by atoms with Gasteiger partial charge in [-0.3, -0.25) is 4.79 Å². The van der Waals surface area contributed by atoms with Crippen molar-refractivity contribution in [2.45, 2.75) is 49.3 Å². The second-order valence-electron chi connectivity index (χ2n) is 6.83. The molecule has 1 aliphatic carbocycles. The second-order valence-corrected chi connectivity index (χ2v) is 9.26. The number of fused-ring (bicyclic) bond motifs is 2. The lowest BCUT2D eigenvalue weighted by Crippen LogP contribution is -2.22. The summed E-state index contributed by atoms with van der Waals surface area (Å²) >= 11 is 2.98. The van der Waals surface area contributed by atoms with E-state index in [-0.39, 0.29) is 11.2 Å². The minimum atomic E-state index is -0.341. The molecular weight excluding hydrogens is 388 g/mol. The van der Waals surface area contributed by atoms with Crippen LogP contribution in [0.4, 0.5) is 5.00 Å². The molecule has 2 aromatic heterocycles. The van der Waals surface area contributed by atoms with Crippen LogP contribution in [0.5, 0.6) is 0 Å². The van der Waals surface area contributed by atoms with Crippen molar-refractivity contribution in [2.24, 2.45) is 0 Å². The Morgan fingerprint density at radius 1 is 1.25 bits per heavy atom. The summed E-state index contributed by atoms with van der Waals surface area (Å²) in [5.74, 6) is -0.111. The standard InChI is InChI=1S/C21H20N4OS2/c1-13(27-20-15-8-5-6-9-17(15)23-12-24-20)19(26)25-21-16(11-22)14-7-3-2-4-10-18(14)28-21/h5-6,8-9,12-13H,2-4,7,10H2,1H3,(H,25,26)/t13-/m1/s1. The minimum Gasteiger partial charge on any atom is -0.316 e. The molecule has 1 atom stereocenters. The number of carbonyl (C=O) groups is 1. The van der Waals surface area contributed by atoms with Gasteiger partial charge in [-0.15, -0.1) is 11.3 Å². The van der Waals surface area contributed by atoms with Gasteiger partial charge in [-0.2, -0.15) is 5.26 Å². The van der Waals surface area contributed by atoms with Gasteiger partial charge in [0.25, 0.3) is 0 Å². The van der Waals surface area contributed by atoms with Crippen LogP contribution in [-0.2, 0) is 17.6 Å². The van der Waals surface area contributed by atoms with E-state index in [1.807, 2.05) is 31.2 Å². The normalized spacial score (nSPS) is 14.7. The molecule has 1 N–H and O–H groups in total. The number of amides is 1. The monoisotopic (exact) mass is 408 g/mol. The average Bonchev–Trinajstić information content (AvgIpc) is 2.87. The number of thioether (sulfide) groups is 1. The highest BCUT2D eigenvalue weighted by Crippen LogP contribution is 2.37. The molecule has 0 spiro atoms. The lowest BCUT2D eigenvalue weighted by Gasteiger charge is -2.12. The number of rotatable bonds is 4. The van der Waals surface area contributed by atoms with E-state index < -0.39 is 0 Å². The lowest BCUT2D eigenvalue weighted by molar-refractivity contribution is -0.115. The Morgan fingerprint density at radius 2 is 2.07 bits per heavy atom. The molecule has 0 unspecified atom stereocenters. The summed E-state index contributed by atoms with van der Waals surface area (Å²) < 4.78 is 0. The van der Waals surface area contributed by atoms with Crippen LogP contribution in [0.1, 0.15) is 42.2 Å². The summed E-state index contributed by atoms with van der Waals surface area (Å²) in [4.78, 5) is 22.7. The number of aryl methyl sites for hydroxylation is 1. The van der Waals surface area contributed by atoms with E-state index in [2.05, 4.69) is 21.4 Å². The summed E-state index contributed by atoms with van der Waals surface area (Å²) in [6.07, 6.45) is 6.93. The van der Waals surface area contributed by atoms with Gasteiger partial charge in [-0.25, -0.2) is 9.97 Å². The smallest absolute Gasteiger partial charge is 0.238 e. The number of nitrogens with one attached hydrogen (secondary N) is 1. The van der Waals surface area contributed by atoms with Gasteiger partial charge in [-0.05, 0) is 44.2 Å². The number of thiophene rings is 1. The molecule has 0 saturated carbocycles. The van der Waals surface area contributed by atoms with Crippen LogP contribution in [0.2, 0.25) is 0 Å². The molecule has 0 aliphatic heterocycles. The van der Waals surface area contributed by atoms with E-state index in [4.69, 9.17) is 0 Å². The van der Waals surface area contributed by atoms with E-state index >= 15 is 0 Å². The van der Waals surface area contributed by atoms with Gasteiger partial charge in [-0.1, -0.05) is 36.4 Å². The Morgan fingerprint density at radius 3 is 2.93 bits per heavy atom. The summed E-state index contributed by atoms with van der Waals surface area (Å²) in [5, 5.41) is 14.7. The number of hydrogen-bond donors (Lipinski definition) is 1. The molecule has 1 aliphatic rings. The maximum absolute atomic E-state index is 12.8. The van der Waals surface area contributed by atoms with Gasteiger partial charge < -0.3 is 5.32 Å². The molecule has 0 fully saturated rings. The van der Waals surface area contributed by atoms with Crippen LogP contribution in [0.25, 0.3) is 10.9 Å². The largest absolute Gasteiger partial charge is 0.316 e. The van der Waals surface area contributed by atoms with Crippen LogP contribution >= 0.6 is 23.1 Å². The summed E-state index contributed by atoms with van der Waals surface area (Å²) in [6.45, 7) is 1.86. The molecule has 0 radical (unpaired) electrons. The van der Waals surface area contributed by atoms with Crippen molar-refractivity contribution in [3.05, 3.63) is 46.6 Å². The molecule has 3 aromatic rings. The Balaban J connectivity index is 1.53. The highest BCUT2D eigenvalue weighted by Gasteiger charge is 2.23. The van der Waals surface area contributed by atoms with Crippen molar-refractivity contribution >= 4 is 44.9 Å². The first-order valence-corrected chi connectivity index (χ1v) is 11.1. The molecule has 142 valence electrons. The van der Waals surface area contributed by atoms with Crippen LogP contribution in [0.3, 0.4) is 0 Å². The number of benzene rings is 1. The topological polar surface area (TPSA) is 78.7 Å². The summed E-state index contributed by atoms with van der Waals surface area (Å²) in [6, 6.07) is 10.1. The lowest BCUT2D eigenvalue weighted by atomic mass is 10.1. The first-order chi connectivity index (χ1) is 13.7. The quantitative estimate of drug-likeness (QED) is 0.375. The predicted molar refractivity (Wildman–Crippen MR) is 114 cm³/mol. The fourth-order valence-electron chi connectivity index (χ4n) is 3.46. The van der Waals surface area contributed by atoms with Crippen LogP contribution in [0.15, 0.2) is 35.6 Å². The number of nitrogens with zero attached hydrogens (tertiary/aromatic N) is 3. The molecule has 2 heterocycles. The zero-order valence-corrected chi connectivity index (χ0v) is 17.2. The Kier molecular flexibility index (Phi) is 5.60. The molecule has 7 heteroatoms. The predicted octanol–water partition coefficient (Wildman–Crippen LogP) is 4.95. The van der Waals surface area contributed by atoms with Crippen molar-refractivity contribution in [1.82, 2.24) is 9.97 Å². The van der Waals surface area contributed by atoms with Crippen molar-refractivity contribution in [1.29, 1.82) is 5.26 Å². The summed E-state index contributed by atoms with van der Waals surface area (Å²) in [7, 11) is 0. The fraction of sp³-hybridized carbons (Fsp3) is 0.333. The van der Waals surface area contributed by atoms with Gasteiger partial charge in [0.1, 0.15) is 22.4 Å². The number of carbonyl (C=O) groups excluding carboxylic acids is 1. The number of aromatic nitrogens is 2. The maximum Gasteiger partial charge on any atom is 0.238 e. The van der Waals surface area contributed by atoms with E-state index in [1.54, 1.807) is 11.3 Å². The third-order valence-corrected chi connectivity index (χ3v) is 7.26. The molecule has 0 bridgehead atoms. The van der Waals surface area contributed by atoms with Crippen LogP contribution in [-0.4, -0.2) is 21.1 Å². The van der Waals surface area contributed by atoms with Crippen molar-refractivity contribution < 1.29 is 4.79 Å². The molecule has 1 amide bonds. The van der Waals surface area contributed by atoms with E-state index in [9.17, 15) is 10.1 Å². The van der Waals surface area contributed by atoms with Crippen molar-refractivity contribution in [2.75, 3.05) is 5.32 Å². The van der Waals surface area contributed by atoms with Crippen molar-refractivity contribution in [3.63, 3.8) is 0 Å². The molecule has 1 aromatic carbocycles. The molecule has 4 rings (SSSR count). The van der Waals surface area contributed by atoms with Gasteiger partial charge in [0.2, 0.25) is 5.91 Å². The zero-order valence-electron chi connectivity index (χ0n) is 15.6. The van der Waals surface area contributed by atoms with Crippen molar-refractivity contribution in [3.8, 4) is 6.07 Å². The number of anilines is 1. The van der Waals surface area contributed by atoms with Crippen LogP contribution < -0.4 is 5.32 Å². The third kappa shape index (κ3) is 3.75. The highest BCUT2D eigenvalue weighted by molar-refractivity contribution is 8.00. The Bertz CT molecular complexity index is 1060. The number of hydrogen-bond acceptors (Lipinski definition) is 6. The first-order valence-electron chi connectivity index (χ1n) is 9.39. The number of nitriles is 1. The minimum absolute atomic E-state index is 0.111. The molecule has 28 heavy (non-hydrogen) atoms. The fourth-order valence-corrected chi connectivity index (χ4v) is 5.61. The summed E-state index contributed by atoms with van der Waals surface area (Å²) in [5.41, 5.74) is 2.66. The average molecular weight is 409 g/mol. The molecular formula is C21H20N4OS2. The van der Waals surface area contributed by atoms with Gasteiger partial charge in [0, 0.05) is 10.3 Å². The van der Waals surface area contributed by atoms with Crippen LogP contribution in [0, 0.1) is 11.3 Å². The van der Waals surface area contributed by atoms with Gasteiger partial charge in [0.15, 0.2) is 0 Å². The Hall–Kier alpha value is -2.43. The van der Waals surface area contributed by atoms with E-state index in [1.165, 1.54) is 29.4 Å². The number of para-hydroxylation sites is 1. The molecule has 5 nitrogen and oxygen atoms in total. The van der Waals surface area contributed by atoms with E-state index in [0.717, 1.165) is 47.2 Å². The second kappa shape index (κ2) is 8.29.